The molecular weight excluding hydrogens is 453 g/mol. The van der Waals surface area contributed by atoms with Crippen LogP contribution in [0.2, 0.25) is 5.02 Å². The third kappa shape index (κ3) is 4.00. The second-order valence-corrected chi connectivity index (χ2v) is 10.5. The van der Waals surface area contributed by atoms with E-state index in [1.807, 2.05) is 24.3 Å². The smallest absolute Gasteiger partial charge is 0.243 e. The van der Waals surface area contributed by atoms with E-state index in [4.69, 9.17) is 21.6 Å². The number of benzene rings is 2. The lowest BCUT2D eigenvalue weighted by atomic mass is 10.2. The van der Waals surface area contributed by atoms with Gasteiger partial charge in [-0.3, -0.25) is 0 Å². The van der Waals surface area contributed by atoms with Gasteiger partial charge in [0.05, 0.1) is 15.9 Å². The Bertz CT molecular complexity index is 1290. The van der Waals surface area contributed by atoms with Crippen molar-refractivity contribution in [2.24, 2.45) is 0 Å². The minimum atomic E-state index is -3.87. The molecule has 0 bridgehead atoms. The van der Waals surface area contributed by atoms with Crippen LogP contribution in [0.4, 0.5) is 16.0 Å². The van der Waals surface area contributed by atoms with E-state index in [9.17, 15) is 12.8 Å². The van der Waals surface area contributed by atoms with Crippen LogP contribution in [-0.2, 0) is 10.0 Å². The molecule has 1 aliphatic heterocycles. The highest BCUT2D eigenvalue weighted by Crippen LogP contribution is 2.32. The van der Waals surface area contributed by atoms with Gasteiger partial charge in [0.2, 0.25) is 10.0 Å². The zero-order valence-corrected chi connectivity index (χ0v) is 19.1. The van der Waals surface area contributed by atoms with Gasteiger partial charge in [-0.2, -0.15) is 4.31 Å². The van der Waals surface area contributed by atoms with E-state index < -0.39 is 15.8 Å². The number of aromatic nitrogens is 2. The van der Waals surface area contributed by atoms with Crippen molar-refractivity contribution in [1.82, 2.24) is 14.3 Å². The van der Waals surface area contributed by atoms with Crippen LogP contribution in [0.15, 0.2) is 41.3 Å². The molecule has 1 aliphatic carbocycles. The lowest BCUT2D eigenvalue weighted by Crippen LogP contribution is -2.49. The molecule has 0 atom stereocenters. The zero-order chi connectivity index (χ0) is 22.5. The molecule has 3 aromatic rings. The highest BCUT2D eigenvalue weighted by molar-refractivity contribution is 7.89. The lowest BCUT2D eigenvalue weighted by molar-refractivity contribution is 0.383. The molecule has 1 aromatic heterocycles. The fourth-order valence-corrected chi connectivity index (χ4v) is 5.84. The van der Waals surface area contributed by atoms with E-state index in [1.54, 1.807) is 6.92 Å². The minimum absolute atomic E-state index is 0.0856. The third-order valence-electron chi connectivity index (χ3n) is 5.89. The van der Waals surface area contributed by atoms with E-state index in [2.05, 4.69) is 10.2 Å². The summed E-state index contributed by atoms with van der Waals surface area (Å²) in [5.74, 6) is 0.799. The van der Waals surface area contributed by atoms with E-state index >= 15 is 0 Å². The first-order valence-corrected chi connectivity index (χ1v) is 12.4. The quantitative estimate of drug-likeness (QED) is 0.604. The average molecular weight is 476 g/mol. The van der Waals surface area contributed by atoms with Gasteiger partial charge in [0.25, 0.3) is 0 Å². The SMILES string of the molecule is Cc1c(Cl)cc(F)cc1S(=O)(=O)N1CCN(c2nc3ccccc3nc2NC2CC2)CC1. The van der Waals surface area contributed by atoms with Gasteiger partial charge in [-0.05, 0) is 49.6 Å². The van der Waals surface area contributed by atoms with Gasteiger partial charge in [0, 0.05) is 37.2 Å². The molecule has 10 heteroatoms. The number of fused-ring (bicyclic) bond motifs is 1. The van der Waals surface area contributed by atoms with E-state index in [1.165, 1.54) is 4.31 Å². The van der Waals surface area contributed by atoms with Crippen LogP contribution < -0.4 is 10.2 Å². The average Bonchev–Trinajstić information content (AvgIpc) is 3.60. The fourth-order valence-electron chi connectivity index (χ4n) is 3.90. The van der Waals surface area contributed by atoms with Crippen molar-refractivity contribution >= 4 is 44.3 Å². The highest BCUT2D eigenvalue weighted by Gasteiger charge is 2.32. The molecule has 32 heavy (non-hydrogen) atoms. The predicted octanol–water partition coefficient (Wildman–Crippen LogP) is 3.82. The molecule has 0 spiro atoms. The molecule has 0 amide bonds. The number of piperazine rings is 1. The van der Waals surface area contributed by atoms with Gasteiger partial charge in [-0.25, -0.2) is 22.8 Å². The molecule has 0 unspecified atom stereocenters. The van der Waals surface area contributed by atoms with Gasteiger partial charge in [-0.1, -0.05) is 23.7 Å². The summed E-state index contributed by atoms with van der Waals surface area (Å²) in [6, 6.07) is 10.3. The number of rotatable bonds is 5. The first-order valence-electron chi connectivity index (χ1n) is 10.6. The predicted molar refractivity (Wildman–Crippen MR) is 123 cm³/mol. The largest absolute Gasteiger partial charge is 0.364 e. The Kier molecular flexibility index (Phi) is 5.43. The van der Waals surface area contributed by atoms with Gasteiger partial charge < -0.3 is 10.2 Å². The van der Waals surface area contributed by atoms with Crippen LogP contribution >= 0.6 is 11.6 Å². The summed E-state index contributed by atoms with van der Waals surface area (Å²) in [6.45, 7) is 3.01. The number of nitrogens with one attached hydrogen (secondary N) is 1. The van der Waals surface area contributed by atoms with Crippen LogP contribution in [0.5, 0.6) is 0 Å². The van der Waals surface area contributed by atoms with Crippen LogP contribution in [0.1, 0.15) is 18.4 Å². The van der Waals surface area contributed by atoms with E-state index in [-0.39, 0.29) is 23.0 Å². The third-order valence-corrected chi connectivity index (χ3v) is 8.31. The molecule has 0 radical (unpaired) electrons. The zero-order valence-electron chi connectivity index (χ0n) is 17.6. The number of para-hydroxylation sites is 2. The van der Waals surface area contributed by atoms with E-state index in [0.717, 1.165) is 47.6 Å². The second kappa shape index (κ2) is 8.13. The van der Waals surface area contributed by atoms with Crippen LogP contribution in [0, 0.1) is 12.7 Å². The number of sulfonamides is 1. The molecule has 1 saturated heterocycles. The summed E-state index contributed by atoms with van der Waals surface area (Å²) >= 11 is 6.03. The lowest BCUT2D eigenvalue weighted by Gasteiger charge is -2.35. The molecular formula is C22H23ClFN5O2S. The summed E-state index contributed by atoms with van der Waals surface area (Å²) in [5.41, 5.74) is 1.97. The van der Waals surface area contributed by atoms with Gasteiger partial charge >= 0.3 is 0 Å². The highest BCUT2D eigenvalue weighted by atomic mass is 35.5. The van der Waals surface area contributed by atoms with Crippen LogP contribution in [0.25, 0.3) is 11.0 Å². The Labute approximate surface area is 191 Å². The maximum atomic E-state index is 13.9. The summed E-state index contributed by atoms with van der Waals surface area (Å²) in [4.78, 5) is 11.6. The number of hydrogen-bond donors (Lipinski definition) is 1. The second-order valence-electron chi connectivity index (χ2n) is 8.21. The van der Waals surface area contributed by atoms with Crippen molar-refractivity contribution in [2.45, 2.75) is 30.7 Å². The Hall–Kier alpha value is -2.49. The normalized spacial score (nSPS) is 17.7. The standard InChI is InChI=1S/C22H23ClFN5O2S/c1-14-17(23)12-15(24)13-20(14)32(30,31)29-10-8-28(9-11-29)22-21(25-16-6-7-16)26-18-4-2-3-5-19(18)27-22/h2-5,12-13,16H,6-11H2,1H3,(H,25,26). The summed E-state index contributed by atoms with van der Waals surface area (Å²) < 4.78 is 41.6. The maximum absolute atomic E-state index is 13.9. The molecule has 1 saturated carbocycles. The molecule has 1 N–H and O–H groups in total. The number of hydrogen-bond acceptors (Lipinski definition) is 6. The molecule has 2 aromatic carbocycles. The molecule has 2 aliphatic rings. The Morgan fingerprint density at radius 3 is 2.38 bits per heavy atom. The first kappa shape index (κ1) is 21.4. The van der Waals surface area contributed by atoms with Crippen molar-refractivity contribution < 1.29 is 12.8 Å². The first-order chi connectivity index (χ1) is 15.3. The Morgan fingerprint density at radius 2 is 1.72 bits per heavy atom. The van der Waals surface area contributed by atoms with Crippen molar-refractivity contribution in [3.63, 3.8) is 0 Å². The van der Waals surface area contributed by atoms with Crippen LogP contribution in [-0.4, -0.2) is 54.9 Å². The minimum Gasteiger partial charge on any atom is -0.364 e. The summed E-state index contributed by atoms with van der Waals surface area (Å²) in [6.07, 6.45) is 2.21. The fraction of sp³-hybridized carbons (Fsp3) is 0.364. The molecule has 2 fully saturated rings. The monoisotopic (exact) mass is 475 g/mol. The number of halogens is 2. The summed E-state index contributed by atoms with van der Waals surface area (Å²) in [5, 5.41) is 3.56. The molecule has 7 nitrogen and oxygen atoms in total. The Balaban J connectivity index is 1.41. The van der Waals surface area contributed by atoms with Crippen molar-refractivity contribution in [3.05, 3.63) is 52.8 Å². The van der Waals surface area contributed by atoms with Crippen molar-refractivity contribution in [3.8, 4) is 0 Å². The number of nitrogens with zero attached hydrogens (tertiary/aromatic N) is 4. The molecule has 168 valence electrons. The Morgan fingerprint density at radius 1 is 1.06 bits per heavy atom. The van der Waals surface area contributed by atoms with Gasteiger partial charge in [0.1, 0.15) is 5.82 Å². The molecule has 2 heterocycles. The van der Waals surface area contributed by atoms with Crippen LogP contribution in [0.3, 0.4) is 0 Å². The summed E-state index contributed by atoms with van der Waals surface area (Å²) in [7, 11) is -3.87. The van der Waals surface area contributed by atoms with Crippen molar-refractivity contribution in [1.29, 1.82) is 0 Å². The topological polar surface area (TPSA) is 78.4 Å². The van der Waals surface area contributed by atoms with Gasteiger partial charge in [0.15, 0.2) is 11.6 Å². The number of anilines is 2. The maximum Gasteiger partial charge on any atom is 0.243 e. The van der Waals surface area contributed by atoms with E-state index in [0.29, 0.717) is 24.7 Å². The van der Waals surface area contributed by atoms with Crippen molar-refractivity contribution in [2.75, 3.05) is 36.4 Å². The molecule has 5 rings (SSSR count). The van der Waals surface area contributed by atoms with Gasteiger partial charge in [-0.15, -0.1) is 0 Å².